The largest absolute Gasteiger partial charge is 0.392 e. The number of carbonyl (C=O) groups excluding carboxylic acids is 1. The molecule has 0 bridgehead atoms. The molecule has 2 aliphatic rings. The lowest BCUT2D eigenvalue weighted by atomic mass is 9.84. The summed E-state index contributed by atoms with van der Waals surface area (Å²) in [5, 5.41) is 23.6. The summed E-state index contributed by atoms with van der Waals surface area (Å²) in [6, 6.07) is 20.4. The average molecular weight is 703 g/mol. The predicted molar refractivity (Wildman–Crippen MR) is 170 cm³/mol. The van der Waals surface area contributed by atoms with Gasteiger partial charge >= 0.3 is 0 Å². The summed E-state index contributed by atoms with van der Waals surface area (Å²) in [7, 11) is 0. The molecule has 3 unspecified atom stereocenters. The van der Waals surface area contributed by atoms with Crippen molar-refractivity contribution in [2.24, 2.45) is 0 Å². The maximum atomic E-state index is 14.3. The minimum Gasteiger partial charge on any atom is -0.392 e. The Morgan fingerprint density at radius 3 is 2.12 bits per heavy atom. The molecule has 4 aromatic carbocycles. The molecule has 1 amide bonds. The van der Waals surface area contributed by atoms with Crippen LogP contribution in [0.1, 0.15) is 64.3 Å². The van der Waals surface area contributed by atoms with Crippen molar-refractivity contribution in [3.63, 3.8) is 0 Å². The predicted octanol–water partition coefficient (Wildman–Crippen LogP) is 7.31. The summed E-state index contributed by atoms with van der Waals surface area (Å²) in [4.78, 5) is 14.9. The molecule has 2 saturated heterocycles. The molecule has 0 aliphatic carbocycles. The van der Waals surface area contributed by atoms with E-state index in [4.69, 9.17) is 21.1 Å². The molecule has 49 heavy (non-hydrogen) atoms. The Labute approximate surface area is 283 Å². The highest BCUT2D eigenvalue weighted by Crippen LogP contribution is 2.40. The van der Waals surface area contributed by atoms with E-state index in [0.717, 1.165) is 16.7 Å². The quantitative estimate of drug-likeness (QED) is 0.101. The number of likely N-dealkylation sites (tertiary alicyclic amines) is 1. The lowest BCUT2D eigenvalue weighted by Gasteiger charge is -2.42. The number of carbonyl (C=O) groups is 1. The van der Waals surface area contributed by atoms with Gasteiger partial charge < -0.3 is 29.9 Å². The number of anilines is 1. The van der Waals surface area contributed by atoms with E-state index < -0.39 is 58.6 Å². The second kappa shape index (κ2) is 14.5. The third-order valence-corrected chi connectivity index (χ3v) is 9.25. The van der Waals surface area contributed by atoms with Gasteiger partial charge in [-0.25, -0.2) is 22.0 Å². The number of piperidine rings is 1. The van der Waals surface area contributed by atoms with Crippen LogP contribution in [0.15, 0.2) is 72.8 Å². The lowest BCUT2D eigenvalue weighted by Crippen LogP contribution is -2.46. The monoisotopic (exact) mass is 702 g/mol. The fraction of sp³-hybridized carbons (Fsp3) is 0.306. The Morgan fingerprint density at radius 1 is 0.857 bits per heavy atom. The van der Waals surface area contributed by atoms with E-state index in [0.29, 0.717) is 49.5 Å². The van der Waals surface area contributed by atoms with E-state index in [1.165, 1.54) is 18.2 Å². The van der Waals surface area contributed by atoms with Crippen LogP contribution in [0.3, 0.4) is 0 Å². The first-order chi connectivity index (χ1) is 23.5. The lowest BCUT2D eigenvalue weighted by molar-refractivity contribution is -0.253. The molecule has 7 nitrogen and oxygen atoms in total. The highest BCUT2D eigenvalue weighted by molar-refractivity contribution is 6.30. The zero-order valence-electron chi connectivity index (χ0n) is 25.9. The van der Waals surface area contributed by atoms with Crippen LogP contribution >= 0.6 is 11.6 Å². The van der Waals surface area contributed by atoms with Gasteiger partial charge in [0.1, 0.15) is 5.56 Å². The molecule has 13 heteroatoms. The Morgan fingerprint density at radius 2 is 1.49 bits per heavy atom. The van der Waals surface area contributed by atoms with Crippen molar-refractivity contribution in [1.29, 1.82) is 0 Å². The number of ether oxygens (including phenoxy) is 2. The van der Waals surface area contributed by atoms with E-state index >= 15 is 0 Å². The molecular weight excluding hydrogens is 671 g/mol. The number of hydrogen-bond donors (Lipinski definition) is 3. The number of nitrogens with one attached hydrogen (secondary N) is 1. The molecule has 0 saturated carbocycles. The van der Waals surface area contributed by atoms with Gasteiger partial charge in [0, 0.05) is 42.3 Å². The topological polar surface area (TPSA) is 91.3 Å². The molecule has 4 aromatic rings. The maximum absolute atomic E-state index is 14.3. The van der Waals surface area contributed by atoms with E-state index in [9.17, 15) is 37.0 Å². The summed E-state index contributed by atoms with van der Waals surface area (Å²) in [6.07, 6.45) is -0.295. The van der Waals surface area contributed by atoms with Crippen LogP contribution < -0.4 is 5.32 Å². The summed E-state index contributed by atoms with van der Waals surface area (Å²) >= 11 is 6.03. The molecule has 2 fully saturated rings. The van der Waals surface area contributed by atoms with Crippen LogP contribution in [0, 0.1) is 29.1 Å². The molecule has 0 aromatic heterocycles. The van der Waals surface area contributed by atoms with E-state index in [1.54, 1.807) is 30.3 Å². The molecule has 6 rings (SSSR count). The number of benzene rings is 4. The van der Waals surface area contributed by atoms with Crippen molar-refractivity contribution in [3.05, 3.63) is 135 Å². The third kappa shape index (κ3) is 7.49. The molecule has 258 valence electrons. The fourth-order valence-electron chi connectivity index (χ4n) is 6.24. The molecule has 0 spiro atoms. The van der Waals surface area contributed by atoms with Gasteiger partial charge in [0.15, 0.2) is 29.6 Å². The number of halogens is 6. The van der Waals surface area contributed by atoms with Crippen LogP contribution in [-0.4, -0.2) is 46.8 Å². The summed E-state index contributed by atoms with van der Waals surface area (Å²) in [5.74, 6) is -12.8. The number of amides is 1. The first-order valence-corrected chi connectivity index (χ1v) is 16.0. The molecule has 3 atom stereocenters. The highest BCUT2D eigenvalue weighted by Gasteiger charge is 2.38. The normalized spacial score (nSPS) is 21.0. The third-order valence-electron chi connectivity index (χ3n) is 9.00. The van der Waals surface area contributed by atoms with E-state index in [1.807, 2.05) is 24.3 Å². The number of nitrogens with zero attached hydrogens (tertiary/aromatic N) is 1. The van der Waals surface area contributed by atoms with Crippen molar-refractivity contribution < 1.29 is 46.4 Å². The maximum Gasteiger partial charge on any atom is 0.261 e. The Kier molecular flexibility index (Phi) is 10.4. The smallest absolute Gasteiger partial charge is 0.261 e. The molecule has 2 aliphatic heterocycles. The van der Waals surface area contributed by atoms with Gasteiger partial charge in [0.25, 0.3) is 5.91 Å². The van der Waals surface area contributed by atoms with Gasteiger partial charge in [-0.1, -0.05) is 60.1 Å². The Hall–Kier alpha value is -3.91. The molecule has 2 heterocycles. The second-order valence-electron chi connectivity index (χ2n) is 12.2. The van der Waals surface area contributed by atoms with Gasteiger partial charge in [-0.2, -0.15) is 0 Å². The van der Waals surface area contributed by atoms with Gasteiger partial charge in [0.2, 0.25) is 5.82 Å². The van der Waals surface area contributed by atoms with Crippen molar-refractivity contribution in [1.82, 2.24) is 4.90 Å². The molecular formula is C36H32ClF5N2O5. The van der Waals surface area contributed by atoms with Crippen LogP contribution in [0.2, 0.25) is 5.02 Å². The van der Waals surface area contributed by atoms with Crippen LogP contribution in [0.4, 0.5) is 27.6 Å². The SMILES string of the molecule is O=C(Nc1cccc(C2OC(CN3CCC(O)(c4ccc(Cl)cc4)CC3)CC(c3ccc(CO)cc3)O2)c1)c1c(F)c(F)c(F)c(F)c1F. The molecule has 0 radical (unpaired) electrons. The van der Waals surface area contributed by atoms with Crippen molar-refractivity contribution in [3.8, 4) is 0 Å². The second-order valence-corrected chi connectivity index (χ2v) is 12.7. The van der Waals surface area contributed by atoms with Gasteiger partial charge in [-0.05, 0) is 53.8 Å². The Bertz CT molecular complexity index is 1790. The van der Waals surface area contributed by atoms with E-state index in [-0.39, 0.29) is 18.4 Å². The van der Waals surface area contributed by atoms with Crippen LogP contribution in [0.5, 0.6) is 0 Å². The summed E-state index contributed by atoms with van der Waals surface area (Å²) < 4.78 is 82.4. The first kappa shape index (κ1) is 34.9. The Balaban J connectivity index is 1.20. The number of hydrogen-bond acceptors (Lipinski definition) is 6. The van der Waals surface area contributed by atoms with Gasteiger partial charge in [0.05, 0.1) is 24.4 Å². The van der Waals surface area contributed by atoms with Crippen molar-refractivity contribution >= 4 is 23.2 Å². The first-order valence-electron chi connectivity index (χ1n) is 15.6. The average Bonchev–Trinajstić information content (AvgIpc) is 3.11. The fourth-order valence-corrected chi connectivity index (χ4v) is 6.36. The zero-order valence-corrected chi connectivity index (χ0v) is 26.7. The van der Waals surface area contributed by atoms with Crippen molar-refractivity contribution in [2.75, 3.05) is 25.0 Å². The molecule has 3 N–H and O–H groups in total. The standard InChI is InChI=1S/C36H32ClF5N2O5/c37-24-10-8-23(9-11-24)36(47)12-14-44(15-13-36)18-26-17-27(21-6-4-20(19-45)5-7-21)49-35(48-26)22-2-1-3-25(16-22)43-34(46)28-29(38)31(40)33(42)32(41)30(28)39/h1-11,16,26-27,35,45,47H,12-15,17-19H2,(H,43,46). The number of aliphatic hydroxyl groups excluding tert-OH is 1. The summed E-state index contributed by atoms with van der Waals surface area (Å²) in [5.41, 5.74) is 0.194. The highest BCUT2D eigenvalue weighted by atomic mass is 35.5. The van der Waals surface area contributed by atoms with Crippen LogP contribution in [-0.2, 0) is 21.7 Å². The van der Waals surface area contributed by atoms with Crippen molar-refractivity contribution in [2.45, 2.75) is 50.0 Å². The minimum absolute atomic E-state index is 0.00197. The van der Waals surface area contributed by atoms with Gasteiger partial charge in [-0.3, -0.25) is 4.79 Å². The van der Waals surface area contributed by atoms with E-state index in [2.05, 4.69) is 10.2 Å². The minimum atomic E-state index is -2.36. The number of aliphatic hydroxyl groups is 2. The zero-order chi connectivity index (χ0) is 34.9. The van der Waals surface area contributed by atoms with Gasteiger partial charge in [-0.15, -0.1) is 0 Å². The number of rotatable bonds is 8. The summed E-state index contributed by atoms with van der Waals surface area (Å²) in [6.45, 7) is 1.58. The van der Waals surface area contributed by atoms with Crippen LogP contribution in [0.25, 0.3) is 0 Å².